The van der Waals surface area contributed by atoms with E-state index in [-0.39, 0.29) is 12.0 Å². The Bertz CT molecular complexity index is 427. The zero-order valence-electron chi connectivity index (χ0n) is 7.10. The van der Waals surface area contributed by atoms with Gasteiger partial charge in [0.2, 0.25) is 0 Å². The van der Waals surface area contributed by atoms with Crippen LogP contribution in [0.5, 0.6) is 0 Å². The Balaban J connectivity index is 2.49. The summed E-state index contributed by atoms with van der Waals surface area (Å²) in [6.45, 7) is 0. The molecule has 2 N–H and O–H groups in total. The molecule has 0 atom stereocenters. The Kier molecular flexibility index (Phi) is 1.75. The molecule has 1 heterocycles. The Hall–Kier alpha value is -1.88. The Morgan fingerprint density at radius 2 is 2.14 bits per heavy atom. The van der Waals surface area contributed by atoms with Crippen molar-refractivity contribution in [3.63, 3.8) is 0 Å². The number of nitrogens with zero attached hydrogens (tertiary/aromatic N) is 1. The van der Waals surface area contributed by atoms with Crippen molar-refractivity contribution in [3.8, 4) is 0 Å². The maximum absolute atomic E-state index is 11.0. The summed E-state index contributed by atoms with van der Waals surface area (Å²) in [7, 11) is 0. The SMILES string of the molecule is O=C(O)c1ccc2c(c1)CC(=O)N2O. The summed E-state index contributed by atoms with van der Waals surface area (Å²) in [5, 5.41) is 18.4. The van der Waals surface area contributed by atoms with Gasteiger partial charge in [0.05, 0.1) is 17.7 Å². The minimum Gasteiger partial charge on any atom is -0.478 e. The van der Waals surface area contributed by atoms with Crippen LogP contribution in [0, 0.1) is 0 Å². The van der Waals surface area contributed by atoms with Gasteiger partial charge in [-0.05, 0) is 23.8 Å². The highest BCUT2D eigenvalue weighted by Crippen LogP contribution is 2.27. The third-order valence-electron chi connectivity index (χ3n) is 2.13. The van der Waals surface area contributed by atoms with Gasteiger partial charge in [-0.2, -0.15) is 5.06 Å². The van der Waals surface area contributed by atoms with Gasteiger partial charge >= 0.3 is 5.97 Å². The molecule has 5 heteroatoms. The van der Waals surface area contributed by atoms with Gasteiger partial charge in [-0.25, -0.2) is 4.79 Å². The molecule has 0 bridgehead atoms. The van der Waals surface area contributed by atoms with E-state index >= 15 is 0 Å². The molecular weight excluding hydrogens is 186 g/mol. The van der Waals surface area contributed by atoms with E-state index in [1.54, 1.807) is 0 Å². The lowest BCUT2D eigenvalue weighted by Gasteiger charge is -2.06. The fourth-order valence-corrected chi connectivity index (χ4v) is 1.44. The molecule has 0 aromatic heterocycles. The van der Waals surface area contributed by atoms with Crippen LogP contribution in [-0.2, 0) is 11.2 Å². The second-order valence-corrected chi connectivity index (χ2v) is 3.03. The Morgan fingerprint density at radius 1 is 1.43 bits per heavy atom. The van der Waals surface area contributed by atoms with Gasteiger partial charge in [-0.15, -0.1) is 0 Å². The predicted octanol–water partition coefficient (Wildman–Crippen LogP) is 0.663. The molecule has 0 spiro atoms. The molecule has 1 aromatic rings. The van der Waals surface area contributed by atoms with E-state index in [1.807, 2.05) is 0 Å². The van der Waals surface area contributed by atoms with E-state index in [0.717, 1.165) is 0 Å². The molecule has 0 unspecified atom stereocenters. The van der Waals surface area contributed by atoms with E-state index in [9.17, 15) is 14.8 Å². The maximum Gasteiger partial charge on any atom is 0.335 e. The zero-order valence-corrected chi connectivity index (χ0v) is 7.10. The van der Waals surface area contributed by atoms with Gasteiger partial charge in [0.25, 0.3) is 5.91 Å². The van der Waals surface area contributed by atoms with E-state index in [4.69, 9.17) is 5.11 Å². The first-order valence-electron chi connectivity index (χ1n) is 3.97. The number of carbonyl (C=O) groups is 2. The molecule has 5 nitrogen and oxygen atoms in total. The molecular formula is C9H7NO4. The number of benzene rings is 1. The number of carboxylic acids is 1. The average molecular weight is 193 g/mol. The highest BCUT2D eigenvalue weighted by Gasteiger charge is 2.26. The highest BCUT2D eigenvalue weighted by atomic mass is 16.5. The van der Waals surface area contributed by atoms with Crippen LogP contribution < -0.4 is 5.06 Å². The number of hydroxylamine groups is 1. The number of fused-ring (bicyclic) bond motifs is 1. The van der Waals surface area contributed by atoms with Crippen molar-refractivity contribution in [2.24, 2.45) is 0 Å². The van der Waals surface area contributed by atoms with Crippen molar-refractivity contribution in [2.45, 2.75) is 6.42 Å². The molecule has 1 amide bonds. The number of amides is 1. The van der Waals surface area contributed by atoms with E-state index in [2.05, 4.69) is 0 Å². The summed E-state index contributed by atoms with van der Waals surface area (Å²) in [4.78, 5) is 21.6. The molecule has 2 rings (SSSR count). The molecule has 1 aliphatic heterocycles. The van der Waals surface area contributed by atoms with Gasteiger partial charge in [0, 0.05) is 0 Å². The van der Waals surface area contributed by atoms with Crippen molar-refractivity contribution in [1.29, 1.82) is 0 Å². The van der Waals surface area contributed by atoms with Crippen LogP contribution in [0.3, 0.4) is 0 Å². The standard InChI is InChI=1S/C9H7NO4/c11-8-4-6-3-5(9(12)13)1-2-7(6)10(8)14/h1-3,14H,4H2,(H,12,13). The number of hydrogen-bond donors (Lipinski definition) is 2. The molecule has 1 aliphatic rings. The van der Waals surface area contributed by atoms with Gasteiger partial charge in [0.15, 0.2) is 0 Å². The topological polar surface area (TPSA) is 77.8 Å². The van der Waals surface area contributed by atoms with Crippen LogP contribution in [0.15, 0.2) is 18.2 Å². The van der Waals surface area contributed by atoms with Gasteiger partial charge in [0.1, 0.15) is 0 Å². The van der Waals surface area contributed by atoms with E-state index in [0.29, 0.717) is 16.3 Å². The van der Waals surface area contributed by atoms with Gasteiger partial charge < -0.3 is 5.11 Å². The number of anilines is 1. The third kappa shape index (κ3) is 1.14. The molecule has 14 heavy (non-hydrogen) atoms. The highest BCUT2D eigenvalue weighted by molar-refractivity contribution is 6.00. The summed E-state index contributed by atoms with van der Waals surface area (Å²) in [6, 6.07) is 4.17. The van der Waals surface area contributed by atoms with Crippen LogP contribution in [-0.4, -0.2) is 22.2 Å². The molecule has 1 aromatic carbocycles. The Labute approximate surface area is 79.1 Å². The monoisotopic (exact) mass is 193 g/mol. The van der Waals surface area contributed by atoms with Gasteiger partial charge in [-0.3, -0.25) is 10.0 Å². The van der Waals surface area contributed by atoms with Crippen molar-refractivity contribution in [2.75, 3.05) is 5.06 Å². The van der Waals surface area contributed by atoms with Crippen molar-refractivity contribution in [3.05, 3.63) is 29.3 Å². The first-order chi connectivity index (χ1) is 6.59. The van der Waals surface area contributed by atoms with Crippen LogP contribution in [0.25, 0.3) is 0 Å². The van der Waals surface area contributed by atoms with Crippen molar-refractivity contribution < 1.29 is 19.9 Å². The first-order valence-corrected chi connectivity index (χ1v) is 3.97. The first kappa shape index (κ1) is 8.71. The number of rotatable bonds is 1. The van der Waals surface area contributed by atoms with Crippen LogP contribution in [0.4, 0.5) is 5.69 Å². The van der Waals surface area contributed by atoms with Crippen LogP contribution >= 0.6 is 0 Å². The summed E-state index contributed by atoms with van der Waals surface area (Å²) < 4.78 is 0. The maximum atomic E-state index is 11.0. The minimum atomic E-state index is -1.04. The lowest BCUT2D eigenvalue weighted by Crippen LogP contribution is -2.21. The second kappa shape index (κ2) is 2.81. The van der Waals surface area contributed by atoms with Crippen molar-refractivity contribution >= 4 is 17.6 Å². The summed E-state index contributed by atoms with van der Waals surface area (Å²) >= 11 is 0. The summed E-state index contributed by atoms with van der Waals surface area (Å²) in [5.41, 5.74) is 1.02. The second-order valence-electron chi connectivity index (χ2n) is 3.03. The Morgan fingerprint density at radius 3 is 2.79 bits per heavy atom. The molecule has 0 saturated carbocycles. The number of aromatic carboxylic acids is 1. The normalized spacial score (nSPS) is 14.4. The van der Waals surface area contributed by atoms with Crippen molar-refractivity contribution in [1.82, 2.24) is 0 Å². The smallest absolute Gasteiger partial charge is 0.335 e. The summed E-state index contributed by atoms with van der Waals surface area (Å²) in [6.07, 6.45) is 0.0486. The predicted molar refractivity (Wildman–Crippen MR) is 46.4 cm³/mol. The lowest BCUT2D eigenvalue weighted by molar-refractivity contribution is -0.122. The lowest BCUT2D eigenvalue weighted by atomic mass is 10.1. The molecule has 0 fully saturated rings. The summed E-state index contributed by atoms with van der Waals surface area (Å²) in [5.74, 6) is -1.49. The number of carboxylic acid groups (broad SMARTS) is 1. The van der Waals surface area contributed by atoms with Crippen LogP contribution in [0.2, 0.25) is 0 Å². The fourth-order valence-electron chi connectivity index (χ4n) is 1.44. The molecule has 0 aliphatic carbocycles. The zero-order chi connectivity index (χ0) is 10.3. The van der Waals surface area contributed by atoms with E-state index < -0.39 is 11.9 Å². The van der Waals surface area contributed by atoms with Gasteiger partial charge in [-0.1, -0.05) is 0 Å². The van der Waals surface area contributed by atoms with Crippen LogP contribution in [0.1, 0.15) is 15.9 Å². The molecule has 0 saturated heterocycles. The average Bonchev–Trinajstić information content (AvgIpc) is 2.42. The number of hydrogen-bond acceptors (Lipinski definition) is 3. The third-order valence-corrected chi connectivity index (χ3v) is 2.13. The quantitative estimate of drug-likeness (QED) is 0.642. The molecule has 72 valence electrons. The fraction of sp³-hybridized carbons (Fsp3) is 0.111. The largest absolute Gasteiger partial charge is 0.478 e. The minimum absolute atomic E-state index is 0.0486. The van der Waals surface area contributed by atoms with E-state index in [1.165, 1.54) is 18.2 Å². The molecule has 0 radical (unpaired) electrons. The number of carbonyl (C=O) groups excluding carboxylic acids is 1.